The number of amides is 3. The largest absolute Gasteiger partial charge is 0.494 e. The van der Waals surface area contributed by atoms with Gasteiger partial charge in [0.15, 0.2) is 0 Å². The second-order valence-corrected chi connectivity index (χ2v) is 4.25. The number of anilines is 1. The fraction of sp³-hybridized carbons (Fsp3) is 0.385. The van der Waals surface area contributed by atoms with Crippen LogP contribution in [-0.4, -0.2) is 43.1 Å². The summed E-state index contributed by atoms with van der Waals surface area (Å²) in [5.41, 5.74) is 5.90. The van der Waals surface area contributed by atoms with Crippen molar-refractivity contribution in [2.75, 3.05) is 31.1 Å². The first-order valence-corrected chi connectivity index (χ1v) is 6.19. The van der Waals surface area contributed by atoms with Crippen LogP contribution in [0.3, 0.4) is 0 Å². The second-order valence-electron chi connectivity index (χ2n) is 4.25. The Morgan fingerprint density at radius 3 is 2.58 bits per heavy atom. The number of hydrogen-bond donors (Lipinski definition) is 1. The molecular weight excluding hydrogens is 246 g/mol. The molecule has 1 aromatic rings. The third-order valence-corrected chi connectivity index (χ3v) is 2.90. The van der Waals surface area contributed by atoms with Crippen molar-refractivity contribution in [3.05, 3.63) is 24.3 Å². The fourth-order valence-corrected chi connectivity index (χ4v) is 2.05. The van der Waals surface area contributed by atoms with Crippen molar-refractivity contribution < 1.29 is 14.3 Å². The molecule has 0 unspecified atom stereocenters. The number of urea groups is 1. The first-order valence-electron chi connectivity index (χ1n) is 6.19. The second kappa shape index (κ2) is 5.60. The lowest BCUT2D eigenvalue weighted by atomic mass is 10.3. The van der Waals surface area contributed by atoms with E-state index in [1.165, 1.54) is 4.90 Å². The Labute approximate surface area is 111 Å². The van der Waals surface area contributed by atoms with Gasteiger partial charge in [-0.1, -0.05) is 0 Å². The number of nitrogens with zero attached hydrogens (tertiary/aromatic N) is 2. The molecule has 2 rings (SSSR count). The molecule has 1 aliphatic heterocycles. The Bertz CT molecular complexity index is 473. The number of ether oxygens (including phenoxy) is 1. The zero-order valence-electron chi connectivity index (χ0n) is 10.8. The van der Waals surface area contributed by atoms with Gasteiger partial charge >= 0.3 is 6.03 Å². The van der Waals surface area contributed by atoms with Crippen molar-refractivity contribution in [3.8, 4) is 5.75 Å². The molecule has 102 valence electrons. The average molecular weight is 263 g/mol. The van der Waals surface area contributed by atoms with Crippen molar-refractivity contribution in [1.29, 1.82) is 0 Å². The summed E-state index contributed by atoms with van der Waals surface area (Å²) in [6.07, 6.45) is 0. The highest BCUT2D eigenvalue weighted by molar-refractivity contribution is 5.96. The Hall–Kier alpha value is -2.24. The SMILES string of the molecule is CCOc1ccc(N2CCN(CC(N)=O)C2=O)cc1. The molecule has 1 aromatic carbocycles. The monoisotopic (exact) mass is 263 g/mol. The van der Waals surface area contributed by atoms with Crippen LogP contribution in [0.1, 0.15) is 6.92 Å². The van der Waals surface area contributed by atoms with Gasteiger partial charge in [-0.05, 0) is 31.2 Å². The van der Waals surface area contributed by atoms with E-state index in [9.17, 15) is 9.59 Å². The van der Waals surface area contributed by atoms with Crippen LogP contribution in [0.25, 0.3) is 0 Å². The molecule has 0 aliphatic carbocycles. The molecular formula is C13H17N3O3. The normalized spacial score (nSPS) is 14.9. The minimum atomic E-state index is -0.498. The molecule has 1 fully saturated rings. The number of carbonyl (C=O) groups is 2. The van der Waals surface area contributed by atoms with Gasteiger partial charge in [-0.2, -0.15) is 0 Å². The first kappa shape index (κ1) is 13.2. The minimum absolute atomic E-state index is 0.0354. The quantitative estimate of drug-likeness (QED) is 0.854. The van der Waals surface area contributed by atoms with Gasteiger partial charge in [0.25, 0.3) is 0 Å². The number of carbonyl (C=O) groups excluding carboxylic acids is 2. The van der Waals surface area contributed by atoms with Crippen molar-refractivity contribution in [2.24, 2.45) is 5.73 Å². The van der Waals surface area contributed by atoms with Gasteiger partial charge in [0.05, 0.1) is 6.61 Å². The maximum Gasteiger partial charge on any atom is 0.325 e. The number of hydrogen-bond acceptors (Lipinski definition) is 3. The van der Waals surface area contributed by atoms with Crippen LogP contribution in [0.4, 0.5) is 10.5 Å². The summed E-state index contributed by atoms with van der Waals surface area (Å²) in [6.45, 7) is 3.55. The van der Waals surface area contributed by atoms with E-state index in [4.69, 9.17) is 10.5 Å². The molecule has 1 aliphatic rings. The van der Waals surface area contributed by atoms with E-state index in [0.717, 1.165) is 11.4 Å². The highest BCUT2D eigenvalue weighted by Gasteiger charge is 2.30. The predicted molar refractivity (Wildman–Crippen MR) is 71.1 cm³/mol. The molecule has 6 heteroatoms. The standard InChI is InChI=1S/C13H17N3O3/c1-2-19-11-5-3-10(4-6-11)16-8-7-15(13(16)18)9-12(14)17/h3-6H,2,7-9H2,1H3,(H2,14,17). The zero-order chi connectivity index (χ0) is 13.8. The van der Waals surface area contributed by atoms with Crippen molar-refractivity contribution in [1.82, 2.24) is 4.90 Å². The lowest BCUT2D eigenvalue weighted by molar-refractivity contribution is -0.118. The van der Waals surface area contributed by atoms with Gasteiger partial charge in [0, 0.05) is 18.8 Å². The lowest BCUT2D eigenvalue weighted by Crippen LogP contribution is -2.37. The number of rotatable bonds is 5. The van der Waals surface area contributed by atoms with Gasteiger partial charge in [0.2, 0.25) is 5.91 Å². The van der Waals surface area contributed by atoms with Crippen LogP contribution in [0.2, 0.25) is 0 Å². The van der Waals surface area contributed by atoms with Crippen molar-refractivity contribution in [3.63, 3.8) is 0 Å². The average Bonchev–Trinajstić information content (AvgIpc) is 2.72. The van der Waals surface area contributed by atoms with Crippen LogP contribution >= 0.6 is 0 Å². The number of benzene rings is 1. The number of nitrogens with two attached hydrogens (primary N) is 1. The highest BCUT2D eigenvalue weighted by atomic mass is 16.5. The summed E-state index contributed by atoms with van der Waals surface area (Å²) in [4.78, 5) is 26.0. The van der Waals surface area contributed by atoms with Gasteiger partial charge < -0.3 is 15.4 Å². The Morgan fingerprint density at radius 2 is 2.00 bits per heavy atom. The van der Waals surface area contributed by atoms with Crippen LogP contribution in [0.15, 0.2) is 24.3 Å². The van der Waals surface area contributed by atoms with E-state index in [2.05, 4.69) is 0 Å². The zero-order valence-corrected chi connectivity index (χ0v) is 10.8. The Morgan fingerprint density at radius 1 is 1.32 bits per heavy atom. The molecule has 6 nitrogen and oxygen atoms in total. The lowest BCUT2D eigenvalue weighted by Gasteiger charge is -2.17. The molecule has 19 heavy (non-hydrogen) atoms. The highest BCUT2D eigenvalue weighted by Crippen LogP contribution is 2.23. The van der Waals surface area contributed by atoms with Gasteiger partial charge in [-0.25, -0.2) is 4.79 Å². The molecule has 0 bridgehead atoms. The molecule has 0 saturated carbocycles. The van der Waals surface area contributed by atoms with Crippen molar-refractivity contribution in [2.45, 2.75) is 6.92 Å². The van der Waals surface area contributed by atoms with E-state index >= 15 is 0 Å². The third-order valence-electron chi connectivity index (χ3n) is 2.90. The summed E-state index contributed by atoms with van der Waals surface area (Å²) in [5.74, 6) is 0.272. The molecule has 3 amide bonds. The van der Waals surface area contributed by atoms with Gasteiger partial charge in [-0.3, -0.25) is 9.69 Å². The molecule has 0 aromatic heterocycles. The molecule has 0 spiro atoms. The smallest absolute Gasteiger partial charge is 0.325 e. The summed E-state index contributed by atoms with van der Waals surface area (Å²) in [6, 6.07) is 7.11. The van der Waals surface area contributed by atoms with E-state index in [1.807, 2.05) is 31.2 Å². The summed E-state index contributed by atoms with van der Waals surface area (Å²) in [5, 5.41) is 0. The summed E-state index contributed by atoms with van der Waals surface area (Å²) >= 11 is 0. The maximum absolute atomic E-state index is 12.1. The van der Waals surface area contributed by atoms with Crippen LogP contribution in [0.5, 0.6) is 5.75 Å². The topological polar surface area (TPSA) is 75.9 Å². The van der Waals surface area contributed by atoms with Crippen LogP contribution < -0.4 is 15.4 Å². The Balaban J connectivity index is 2.06. The molecule has 1 saturated heterocycles. The first-order chi connectivity index (χ1) is 9.11. The van der Waals surface area contributed by atoms with Gasteiger partial charge in [0.1, 0.15) is 12.3 Å². The van der Waals surface area contributed by atoms with E-state index in [0.29, 0.717) is 19.7 Å². The van der Waals surface area contributed by atoms with Gasteiger partial charge in [-0.15, -0.1) is 0 Å². The molecule has 1 heterocycles. The molecule has 2 N–H and O–H groups in total. The van der Waals surface area contributed by atoms with E-state index in [-0.39, 0.29) is 12.6 Å². The van der Waals surface area contributed by atoms with Crippen LogP contribution in [-0.2, 0) is 4.79 Å². The van der Waals surface area contributed by atoms with E-state index < -0.39 is 5.91 Å². The minimum Gasteiger partial charge on any atom is -0.494 e. The summed E-state index contributed by atoms with van der Waals surface area (Å²) in [7, 11) is 0. The Kier molecular flexibility index (Phi) is 3.89. The van der Waals surface area contributed by atoms with E-state index in [1.54, 1.807) is 4.90 Å². The number of primary amides is 1. The fourth-order valence-electron chi connectivity index (χ4n) is 2.05. The van der Waals surface area contributed by atoms with Crippen LogP contribution in [0, 0.1) is 0 Å². The third kappa shape index (κ3) is 2.96. The molecule has 0 radical (unpaired) electrons. The summed E-state index contributed by atoms with van der Waals surface area (Å²) < 4.78 is 5.35. The predicted octanol–water partition coefficient (Wildman–Crippen LogP) is 0.813. The maximum atomic E-state index is 12.1. The molecule has 0 atom stereocenters. The van der Waals surface area contributed by atoms with Crippen molar-refractivity contribution >= 4 is 17.6 Å².